The lowest BCUT2D eigenvalue weighted by atomic mass is 10.2. The average molecular weight is 230 g/mol. The molecule has 0 bridgehead atoms. The topological polar surface area (TPSA) is 73.8 Å². The molecule has 1 aromatic carbocycles. The Morgan fingerprint density at radius 1 is 1.41 bits per heavy atom. The maximum Gasteiger partial charge on any atom is 0.243 e. The predicted octanol–water partition coefficient (Wildman–Crippen LogP) is 1.90. The molecule has 0 saturated carbocycles. The fourth-order valence-electron chi connectivity index (χ4n) is 1.36. The van der Waals surface area contributed by atoms with Crippen molar-refractivity contribution in [3.8, 4) is 5.69 Å². The summed E-state index contributed by atoms with van der Waals surface area (Å²) < 4.78 is 1.62. The molecular formula is C11H10N4O2. The monoisotopic (exact) mass is 230 g/mol. The molecule has 0 aliphatic heterocycles. The summed E-state index contributed by atoms with van der Waals surface area (Å²) in [6, 6.07) is 7.25. The van der Waals surface area contributed by atoms with Crippen LogP contribution < -0.4 is 0 Å². The van der Waals surface area contributed by atoms with Crippen LogP contribution in [0.5, 0.6) is 0 Å². The zero-order chi connectivity index (χ0) is 12.3. The van der Waals surface area contributed by atoms with Gasteiger partial charge in [0.15, 0.2) is 0 Å². The molecule has 0 spiro atoms. The van der Waals surface area contributed by atoms with Gasteiger partial charge in [-0.1, -0.05) is 12.1 Å². The number of benzene rings is 1. The van der Waals surface area contributed by atoms with Gasteiger partial charge in [0.25, 0.3) is 0 Å². The Hall–Kier alpha value is -2.50. The van der Waals surface area contributed by atoms with Crippen molar-refractivity contribution in [2.24, 2.45) is 0 Å². The highest BCUT2D eigenvalue weighted by molar-refractivity contribution is 5.52. The van der Waals surface area contributed by atoms with Crippen LogP contribution in [-0.4, -0.2) is 19.7 Å². The minimum Gasteiger partial charge on any atom is -0.259 e. The van der Waals surface area contributed by atoms with Gasteiger partial charge in [-0.05, 0) is 17.7 Å². The minimum absolute atomic E-state index is 0.110. The number of allylic oxidation sites excluding steroid dienone is 1. The first-order valence-electron chi connectivity index (χ1n) is 4.94. The Bertz CT molecular complexity index is 543. The van der Waals surface area contributed by atoms with Gasteiger partial charge in [-0.3, -0.25) is 10.1 Å². The van der Waals surface area contributed by atoms with E-state index in [1.165, 1.54) is 19.3 Å². The molecular weight excluding hydrogens is 220 g/mol. The Morgan fingerprint density at radius 2 is 2.12 bits per heavy atom. The lowest BCUT2D eigenvalue weighted by Gasteiger charge is -2.00. The zero-order valence-electron chi connectivity index (χ0n) is 9.15. The fraction of sp³-hybridized carbons (Fsp3) is 0.0909. The summed E-state index contributed by atoms with van der Waals surface area (Å²) in [4.78, 5) is 13.9. The summed E-state index contributed by atoms with van der Waals surface area (Å²) in [5.74, 6) is 0. The SMILES string of the molecule is C/C(=C\c1ccc(-n2cncn2)cc1)[N+](=O)[O-]. The number of nitro groups is 1. The second-order valence-electron chi connectivity index (χ2n) is 3.47. The standard InChI is InChI=1S/C11H10N4O2/c1-9(15(16)17)6-10-2-4-11(5-3-10)14-8-12-7-13-14/h2-8H,1H3/b9-6+. The third-order valence-electron chi connectivity index (χ3n) is 2.24. The first kappa shape index (κ1) is 11.0. The van der Waals surface area contributed by atoms with Crippen LogP contribution in [0.25, 0.3) is 11.8 Å². The van der Waals surface area contributed by atoms with Crippen LogP contribution in [0.2, 0.25) is 0 Å². The van der Waals surface area contributed by atoms with Crippen LogP contribution in [0.4, 0.5) is 0 Å². The van der Waals surface area contributed by atoms with Gasteiger partial charge in [0.2, 0.25) is 5.70 Å². The van der Waals surface area contributed by atoms with E-state index >= 15 is 0 Å². The van der Waals surface area contributed by atoms with Crippen molar-refractivity contribution in [3.63, 3.8) is 0 Å². The quantitative estimate of drug-likeness (QED) is 0.596. The molecule has 2 rings (SSSR count). The highest BCUT2D eigenvalue weighted by Crippen LogP contribution is 2.11. The van der Waals surface area contributed by atoms with Crippen LogP contribution >= 0.6 is 0 Å². The van der Waals surface area contributed by atoms with Gasteiger partial charge in [0.1, 0.15) is 12.7 Å². The summed E-state index contributed by atoms with van der Waals surface area (Å²) in [5, 5.41) is 14.5. The molecule has 0 unspecified atom stereocenters. The van der Waals surface area contributed by atoms with Crippen LogP contribution in [0.15, 0.2) is 42.6 Å². The van der Waals surface area contributed by atoms with Gasteiger partial charge in [0, 0.05) is 13.0 Å². The van der Waals surface area contributed by atoms with Crippen molar-refractivity contribution in [1.29, 1.82) is 0 Å². The lowest BCUT2D eigenvalue weighted by molar-refractivity contribution is -0.422. The van der Waals surface area contributed by atoms with E-state index in [0.717, 1.165) is 11.3 Å². The van der Waals surface area contributed by atoms with Crippen molar-refractivity contribution in [2.45, 2.75) is 6.92 Å². The summed E-state index contributed by atoms with van der Waals surface area (Å²) >= 11 is 0. The van der Waals surface area contributed by atoms with Gasteiger partial charge < -0.3 is 0 Å². The second-order valence-corrected chi connectivity index (χ2v) is 3.47. The number of rotatable bonds is 3. The van der Waals surface area contributed by atoms with Crippen LogP contribution in [-0.2, 0) is 0 Å². The second kappa shape index (κ2) is 4.56. The first-order valence-corrected chi connectivity index (χ1v) is 4.94. The van der Waals surface area contributed by atoms with Crippen molar-refractivity contribution in [1.82, 2.24) is 14.8 Å². The molecule has 0 fully saturated rings. The third-order valence-corrected chi connectivity index (χ3v) is 2.24. The van der Waals surface area contributed by atoms with Crippen molar-refractivity contribution in [2.75, 3.05) is 0 Å². The van der Waals surface area contributed by atoms with Crippen molar-refractivity contribution in [3.05, 3.63) is 58.3 Å². The zero-order valence-corrected chi connectivity index (χ0v) is 9.15. The number of aromatic nitrogens is 3. The Labute approximate surface area is 97.4 Å². The van der Waals surface area contributed by atoms with E-state index in [0.29, 0.717) is 0 Å². The molecule has 0 aliphatic rings. The molecule has 0 N–H and O–H groups in total. The van der Waals surface area contributed by atoms with Crippen molar-refractivity contribution < 1.29 is 4.92 Å². The van der Waals surface area contributed by atoms with Crippen LogP contribution in [0.3, 0.4) is 0 Å². The van der Waals surface area contributed by atoms with Gasteiger partial charge in [-0.15, -0.1) is 0 Å². The molecule has 0 aliphatic carbocycles. The Kier molecular flexibility index (Phi) is 2.95. The molecule has 2 aromatic rings. The van der Waals surface area contributed by atoms with Gasteiger partial charge in [-0.25, -0.2) is 9.67 Å². The van der Waals surface area contributed by atoms with E-state index < -0.39 is 4.92 Å². The molecule has 0 radical (unpaired) electrons. The Balaban J connectivity index is 2.25. The van der Waals surface area contributed by atoms with Gasteiger partial charge in [-0.2, -0.15) is 5.10 Å². The van der Waals surface area contributed by atoms with E-state index in [9.17, 15) is 10.1 Å². The predicted molar refractivity (Wildman–Crippen MR) is 62.0 cm³/mol. The molecule has 6 heteroatoms. The average Bonchev–Trinajstić information content (AvgIpc) is 2.83. The van der Waals surface area contributed by atoms with E-state index in [-0.39, 0.29) is 5.70 Å². The van der Waals surface area contributed by atoms with Gasteiger partial charge in [0.05, 0.1) is 10.6 Å². The van der Waals surface area contributed by atoms with Crippen LogP contribution in [0.1, 0.15) is 12.5 Å². The minimum atomic E-state index is -0.411. The maximum atomic E-state index is 10.5. The van der Waals surface area contributed by atoms with E-state index in [2.05, 4.69) is 10.1 Å². The molecule has 17 heavy (non-hydrogen) atoms. The number of hydrogen-bond donors (Lipinski definition) is 0. The smallest absolute Gasteiger partial charge is 0.243 e. The molecule has 1 heterocycles. The summed E-state index contributed by atoms with van der Waals surface area (Å²) in [7, 11) is 0. The molecule has 0 atom stereocenters. The van der Waals surface area contributed by atoms with Crippen molar-refractivity contribution >= 4 is 6.08 Å². The Morgan fingerprint density at radius 3 is 2.65 bits per heavy atom. The number of hydrogen-bond acceptors (Lipinski definition) is 4. The maximum absolute atomic E-state index is 10.5. The van der Waals surface area contributed by atoms with E-state index in [1.807, 2.05) is 12.1 Å². The molecule has 6 nitrogen and oxygen atoms in total. The summed E-state index contributed by atoms with van der Waals surface area (Å²) in [6.45, 7) is 1.46. The summed E-state index contributed by atoms with van der Waals surface area (Å²) in [5.41, 5.74) is 1.75. The largest absolute Gasteiger partial charge is 0.259 e. The van der Waals surface area contributed by atoms with Crippen LogP contribution in [0, 0.1) is 10.1 Å². The normalized spacial score (nSPS) is 11.5. The molecule has 86 valence electrons. The first-order chi connectivity index (χ1) is 8.16. The third kappa shape index (κ3) is 2.54. The fourth-order valence-corrected chi connectivity index (χ4v) is 1.36. The highest BCUT2D eigenvalue weighted by Gasteiger charge is 2.02. The number of nitrogens with zero attached hydrogens (tertiary/aromatic N) is 4. The van der Waals surface area contributed by atoms with E-state index in [1.54, 1.807) is 23.1 Å². The molecule has 0 saturated heterocycles. The molecule has 1 aromatic heterocycles. The lowest BCUT2D eigenvalue weighted by Crippen LogP contribution is -1.95. The highest BCUT2D eigenvalue weighted by atomic mass is 16.6. The summed E-state index contributed by atoms with van der Waals surface area (Å²) in [6.07, 6.45) is 4.56. The van der Waals surface area contributed by atoms with Gasteiger partial charge >= 0.3 is 0 Å². The van der Waals surface area contributed by atoms with E-state index in [4.69, 9.17) is 0 Å². The molecule has 0 amide bonds.